The normalized spacial score (nSPS) is 12.4. The molecule has 0 bridgehead atoms. The largest absolute Gasteiger partial charge is 0.419 e. The lowest BCUT2D eigenvalue weighted by molar-refractivity contribution is -0.384. The molecule has 0 unspecified atom stereocenters. The monoisotopic (exact) mass is 381 g/mol. The van der Waals surface area contributed by atoms with Gasteiger partial charge < -0.3 is 9.40 Å². The minimum Gasteiger partial charge on any atom is -0.419 e. The molecular weight excluding hydrogens is 366 g/mol. The third-order valence-electron chi connectivity index (χ3n) is 4.02. The summed E-state index contributed by atoms with van der Waals surface area (Å²) in [5.41, 5.74) is 3.72. The van der Waals surface area contributed by atoms with Gasteiger partial charge in [-0.25, -0.2) is 4.98 Å². The molecule has 0 spiro atoms. The number of rotatable bonds is 5. The van der Waals surface area contributed by atoms with Crippen molar-refractivity contribution in [2.75, 3.05) is 0 Å². The Bertz CT molecular complexity index is 1120. The second kappa shape index (κ2) is 6.84. The first-order valence-corrected chi connectivity index (χ1v) is 9.09. The van der Waals surface area contributed by atoms with Crippen molar-refractivity contribution in [1.29, 1.82) is 0 Å². The summed E-state index contributed by atoms with van der Waals surface area (Å²) in [6.07, 6.45) is 0. The zero-order chi connectivity index (χ0) is 19.0. The van der Waals surface area contributed by atoms with Crippen LogP contribution in [0.5, 0.6) is 0 Å². The highest BCUT2D eigenvalue weighted by atomic mass is 32.2. The fourth-order valence-corrected chi connectivity index (χ4v) is 3.47. The van der Waals surface area contributed by atoms with Gasteiger partial charge in [-0.05, 0) is 43.7 Å². The number of non-ortho nitro benzene ring substituents is 1. The topological polar surface area (TPSA) is 111 Å². The first kappa shape index (κ1) is 17.2. The Morgan fingerprint density at radius 2 is 1.96 bits per heavy atom. The van der Waals surface area contributed by atoms with Gasteiger partial charge in [-0.3, -0.25) is 10.1 Å². The van der Waals surface area contributed by atoms with Gasteiger partial charge in [0.2, 0.25) is 11.8 Å². The number of H-pyrrole nitrogens is 1. The van der Waals surface area contributed by atoms with Crippen molar-refractivity contribution in [2.24, 2.45) is 0 Å². The molecule has 0 amide bonds. The number of nitro benzene ring substituents is 1. The third-order valence-corrected chi connectivity index (χ3v) is 4.99. The van der Waals surface area contributed by atoms with Crippen LogP contribution in [0.1, 0.15) is 23.6 Å². The molecule has 0 aliphatic rings. The van der Waals surface area contributed by atoms with Crippen molar-refractivity contribution in [3.05, 3.63) is 64.0 Å². The van der Waals surface area contributed by atoms with E-state index in [1.165, 1.54) is 29.5 Å². The third kappa shape index (κ3) is 3.54. The number of benzene rings is 2. The summed E-state index contributed by atoms with van der Waals surface area (Å²) in [5.74, 6) is 0.789. The van der Waals surface area contributed by atoms with Crippen LogP contribution < -0.4 is 0 Å². The maximum atomic E-state index is 10.7. The summed E-state index contributed by atoms with van der Waals surface area (Å²) >= 11 is 1.49. The van der Waals surface area contributed by atoms with Gasteiger partial charge in [-0.2, -0.15) is 0 Å². The smallest absolute Gasteiger partial charge is 0.269 e. The average molecular weight is 381 g/mol. The summed E-state index contributed by atoms with van der Waals surface area (Å²) in [6, 6.07) is 12.1. The van der Waals surface area contributed by atoms with Crippen molar-refractivity contribution < 1.29 is 9.34 Å². The fraction of sp³-hybridized carbons (Fsp3) is 0.167. The zero-order valence-corrected chi connectivity index (χ0v) is 15.4. The molecule has 27 heavy (non-hydrogen) atoms. The van der Waals surface area contributed by atoms with E-state index in [0.29, 0.717) is 17.3 Å². The van der Waals surface area contributed by atoms with Crippen molar-refractivity contribution >= 4 is 28.5 Å². The molecule has 0 saturated carbocycles. The second-order valence-corrected chi connectivity index (χ2v) is 7.40. The van der Waals surface area contributed by atoms with Crippen LogP contribution in [0.4, 0.5) is 5.69 Å². The number of thioether (sulfide) groups is 1. The quantitative estimate of drug-likeness (QED) is 0.303. The minimum atomic E-state index is -0.448. The molecule has 0 fully saturated rings. The molecule has 0 aliphatic carbocycles. The molecule has 4 rings (SSSR count). The molecule has 0 saturated heterocycles. The maximum absolute atomic E-state index is 10.7. The van der Waals surface area contributed by atoms with E-state index in [1.54, 1.807) is 12.1 Å². The number of aromatic amines is 1. The predicted molar refractivity (Wildman–Crippen MR) is 101 cm³/mol. The van der Waals surface area contributed by atoms with Gasteiger partial charge in [-0.1, -0.05) is 17.8 Å². The highest BCUT2D eigenvalue weighted by Crippen LogP contribution is 2.34. The summed E-state index contributed by atoms with van der Waals surface area (Å²) in [5, 5.41) is 19.6. The number of aryl methyl sites for hydroxylation is 1. The lowest BCUT2D eigenvalue weighted by atomic mass is 10.2. The Labute approximate surface area is 158 Å². The van der Waals surface area contributed by atoms with Crippen LogP contribution in [0.3, 0.4) is 0 Å². The molecule has 1 N–H and O–H groups in total. The van der Waals surface area contributed by atoms with Gasteiger partial charge in [0, 0.05) is 17.7 Å². The van der Waals surface area contributed by atoms with E-state index in [-0.39, 0.29) is 10.9 Å². The van der Waals surface area contributed by atoms with E-state index in [4.69, 9.17) is 4.42 Å². The number of aromatic nitrogens is 4. The summed E-state index contributed by atoms with van der Waals surface area (Å²) < 4.78 is 5.74. The maximum Gasteiger partial charge on any atom is 0.269 e. The Balaban J connectivity index is 1.52. The van der Waals surface area contributed by atoms with Crippen LogP contribution in [-0.4, -0.2) is 25.1 Å². The van der Waals surface area contributed by atoms with E-state index >= 15 is 0 Å². The van der Waals surface area contributed by atoms with Gasteiger partial charge in [0.1, 0.15) is 0 Å². The molecule has 8 nitrogen and oxygen atoms in total. The van der Waals surface area contributed by atoms with Crippen molar-refractivity contribution in [2.45, 2.75) is 24.3 Å². The standard InChI is InChI=1S/C18H15N5O3S/c1-10-3-8-14-15(9-10)20-18(19-14)27-11(2)16-21-22-17(26-16)12-4-6-13(7-5-12)23(24)25/h3-9,11H,1-2H3,(H,19,20)/t11-/m1/s1. The highest BCUT2D eigenvalue weighted by molar-refractivity contribution is 7.99. The lowest BCUT2D eigenvalue weighted by Crippen LogP contribution is -1.89. The SMILES string of the molecule is Cc1ccc2nc(S[C@H](C)c3nnc(-c4ccc([N+](=O)[O-])cc4)o3)[nH]c2c1. The van der Waals surface area contributed by atoms with E-state index in [1.807, 2.05) is 26.0 Å². The number of hydrogen-bond donors (Lipinski definition) is 1. The van der Waals surface area contributed by atoms with E-state index < -0.39 is 4.92 Å². The Hall–Kier alpha value is -3.20. The van der Waals surface area contributed by atoms with Gasteiger partial charge in [0.05, 0.1) is 21.2 Å². The van der Waals surface area contributed by atoms with Crippen LogP contribution in [0.2, 0.25) is 0 Å². The van der Waals surface area contributed by atoms with Gasteiger partial charge in [0.25, 0.3) is 5.69 Å². The van der Waals surface area contributed by atoms with Gasteiger partial charge in [0.15, 0.2) is 5.16 Å². The first-order chi connectivity index (χ1) is 13.0. The van der Waals surface area contributed by atoms with E-state index in [2.05, 4.69) is 26.2 Å². The fourth-order valence-electron chi connectivity index (χ4n) is 2.61. The van der Waals surface area contributed by atoms with Crippen LogP contribution >= 0.6 is 11.8 Å². The van der Waals surface area contributed by atoms with E-state index in [0.717, 1.165) is 16.2 Å². The number of nitro groups is 1. The molecule has 2 aromatic heterocycles. The molecule has 1 atom stereocenters. The first-order valence-electron chi connectivity index (χ1n) is 8.21. The van der Waals surface area contributed by atoms with E-state index in [9.17, 15) is 10.1 Å². The number of nitrogens with one attached hydrogen (secondary N) is 1. The lowest BCUT2D eigenvalue weighted by Gasteiger charge is -2.03. The van der Waals surface area contributed by atoms with Crippen LogP contribution in [0.25, 0.3) is 22.5 Å². The van der Waals surface area contributed by atoms with Gasteiger partial charge in [-0.15, -0.1) is 10.2 Å². The molecule has 2 heterocycles. The Morgan fingerprint density at radius 3 is 2.70 bits per heavy atom. The van der Waals surface area contributed by atoms with Crippen LogP contribution in [-0.2, 0) is 0 Å². The Kier molecular flexibility index (Phi) is 4.36. The number of fused-ring (bicyclic) bond motifs is 1. The summed E-state index contributed by atoms with van der Waals surface area (Å²) in [4.78, 5) is 18.1. The second-order valence-electron chi connectivity index (χ2n) is 6.07. The van der Waals surface area contributed by atoms with Gasteiger partial charge >= 0.3 is 0 Å². The molecule has 0 aliphatic heterocycles. The Morgan fingerprint density at radius 1 is 1.19 bits per heavy atom. The van der Waals surface area contributed by atoms with Crippen molar-refractivity contribution in [1.82, 2.24) is 20.2 Å². The summed E-state index contributed by atoms with van der Waals surface area (Å²) in [6.45, 7) is 3.99. The number of imidazole rings is 1. The predicted octanol–water partition coefficient (Wildman–Crippen LogP) is 4.68. The van der Waals surface area contributed by atoms with Crippen LogP contribution in [0.15, 0.2) is 52.0 Å². The van der Waals surface area contributed by atoms with Crippen molar-refractivity contribution in [3.8, 4) is 11.5 Å². The minimum absolute atomic E-state index is 0.0162. The molecular formula is C18H15N5O3S. The van der Waals surface area contributed by atoms with Crippen molar-refractivity contribution in [3.63, 3.8) is 0 Å². The molecule has 136 valence electrons. The average Bonchev–Trinajstić information content (AvgIpc) is 3.28. The number of nitrogens with zero attached hydrogens (tertiary/aromatic N) is 4. The molecule has 2 aromatic carbocycles. The number of hydrogen-bond acceptors (Lipinski definition) is 7. The molecule has 0 radical (unpaired) electrons. The summed E-state index contributed by atoms with van der Waals surface area (Å²) in [7, 11) is 0. The highest BCUT2D eigenvalue weighted by Gasteiger charge is 2.18. The van der Waals surface area contributed by atoms with Crippen LogP contribution in [0, 0.1) is 17.0 Å². The molecule has 4 aromatic rings. The molecule has 9 heteroatoms. The zero-order valence-electron chi connectivity index (χ0n) is 14.5.